The lowest BCUT2D eigenvalue weighted by Gasteiger charge is -2.10. The first-order valence-corrected chi connectivity index (χ1v) is 6.26. The van der Waals surface area contributed by atoms with Gasteiger partial charge in [0.05, 0.1) is 5.69 Å². The minimum atomic E-state index is -0.374. The lowest BCUT2D eigenvalue weighted by molar-refractivity contribution is 0.440. The van der Waals surface area contributed by atoms with Crippen LogP contribution in [0.15, 0.2) is 42.6 Å². The second kappa shape index (κ2) is 6.29. The van der Waals surface area contributed by atoms with Gasteiger partial charge in [0.2, 0.25) is 0 Å². The summed E-state index contributed by atoms with van der Waals surface area (Å²) in [5, 5.41) is 3.27. The largest absolute Gasteiger partial charge is 0.454 e. The lowest BCUT2D eigenvalue weighted by Crippen LogP contribution is -2.22. The number of halogens is 1. The summed E-state index contributed by atoms with van der Waals surface area (Å²) in [5.74, 6) is 0.429. The zero-order valence-electron chi connectivity index (χ0n) is 11.1. The van der Waals surface area contributed by atoms with Crippen LogP contribution in [0.5, 0.6) is 11.5 Å². The number of para-hydroxylation sites is 1. The van der Waals surface area contributed by atoms with Gasteiger partial charge in [-0.3, -0.25) is 4.98 Å². The van der Waals surface area contributed by atoms with E-state index in [4.69, 9.17) is 4.74 Å². The fraction of sp³-hybridized carbons (Fsp3) is 0.267. The third kappa shape index (κ3) is 4.03. The molecule has 0 radical (unpaired) electrons. The Labute approximate surface area is 112 Å². The highest BCUT2D eigenvalue weighted by atomic mass is 19.1. The molecule has 1 N–H and O–H groups in total. The molecule has 2 aromatic rings. The minimum absolute atomic E-state index is 0.219. The summed E-state index contributed by atoms with van der Waals surface area (Å²) in [7, 11) is 0. The number of pyridine rings is 1. The van der Waals surface area contributed by atoms with E-state index in [1.165, 1.54) is 6.07 Å². The SMILES string of the molecule is CC(C)NCc1cc(Oc2ccccc2F)ccn1. The van der Waals surface area contributed by atoms with Crippen molar-refractivity contribution in [2.45, 2.75) is 26.4 Å². The summed E-state index contributed by atoms with van der Waals surface area (Å²) in [5.41, 5.74) is 0.863. The van der Waals surface area contributed by atoms with Crippen LogP contribution in [0.2, 0.25) is 0 Å². The molecule has 0 bridgehead atoms. The van der Waals surface area contributed by atoms with E-state index in [0.29, 0.717) is 18.3 Å². The second-order valence-electron chi connectivity index (χ2n) is 4.55. The number of rotatable bonds is 5. The van der Waals surface area contributed by atoms with Crippen LogP contribution in [-0.2, 0) is 6.54 Å². The molecule has 4 heteroatoms. The van der Waals surface area contributed by atoms with Gasteiger partial charge in [-0.2, -0.15) is 0 Å². The Balaban J connectivity index is 2.09. The molecular formula is C15H17FN2O. The van der Waals surface area contributed by atoms with Crippen molar-refractivity contribution in [3.63, 3.8) is 0 Å². The lowest BCUT2D eigenvalue weighted by atomic mass is 10.3. The molecule has 0 saturated carbocycles. The van der Waals surface area contributed by atoms with Crippen molar-refractivity contribution in [1.29, 1.82) is 0 Å². The van der Waals surface area contributed by atoms with E-state index in [-0.39, 0.29) is 11.6 Å². The van der Waals surface area contributed by atoms with Crippen LogP contribution in [0.4, 0.5) is 4.39 Å². The van der Waals surface area contributed by atoms with Crippen LogP contribution in [0.3, 0.4) is 0 Å². The van der Waals surface area contributed by atoms with Crippen LogP contribution in [0.25, 0.3) is 0 Å². The zero-order valence-corrected chi connectivity index (χ0v) is 11.1. The van der Waals surface area contributed by atoms with Crippen LogP contribution in [0, 0.1) is 5.82 Å². The van der Waals surface area contributed by atoms with Crippen molar-refractivity contribution < 1.29 is 9.13 Å². The van der Waals surface area contributed by atoms with Gasteiger partial charge in [0.1, 0.15) is 5.75 Å². The Morgan fingerprint density at radius 1 is 1.26 bits per heavy atom. The number of aromatic nitrogens is 1. The van der Waals surface area contributed by atoms with Gasteiger partial charge >= 0.3 is 0 Å². The van der Waals surface area contributed by atoms with E-state index in [2.05, 4.69) is 24.1 Å². The number of nitrogens with one attached hydrogen (secondary N) is 1. The van der Waals surface area contributed by atoms with Crippen molar-refractivity contribution in [3.05, 3.63) is 54.1 Å². The summed E-state index contributed by atoms with van der Waals surface area (Å²) in [6, 6.07) is 10.2. The van der Waals surface area contributed by atoms with Gasteiger partial charge in [-0.15, -0.1) is 0 Å². The Bertz CT molecular complexity index is 543. The predicted molar refractivity (Wildman–Crippen MR) is 72.7 cm³/mol. The number of nitrogens with zero attached hydrogens (tertiary/aromatic N) is 1. The third-order valence-corrected chi connectivity index (χ3v) is 2.54. The average molecular weight is 260 g/mol. The van der Waals surface area contributed by atoms with Crippen molar-refractivity contribution in [2.24, 2.45) is 0 Å². The second-order valence-corrected chi connectivity index (χ2v) is 4.55. The van der Waals surface area contributed by atoms with Crippen LogP contribution in [-0.4, -0.2) is 11.0 Å². The number of benzene rings is 1. The molecule has 1 aromatic carbocycles. The molecule has 3 nitrogen and oxygen atoms in total. The standard InChI is InChI=1S/C15H17FN2O/c1-11(2)18-10-12-9-13(7-8-17-12)19-15-6-4-3-5-14(15)16/h3-9,11,18H,10H2,1-2H3. The molecule has 2 rings (SSSR count). The van der Waals surface area contributed by atoms with Crippen molar-refractivity contribution in [3.8, 4) is 11.5 Å². The van der Waals surface area contributed by atoms with Crippen LogP contribution >= 0.6 is 0 Å². The molecule has 0 fully saturated rings. The summed E-state index contributed by atoms with van der Waals surface area (Å²) in [6.45, 7) is 4.80. The first kappa shape index (κ1) is 13.5. The molecule has 0 aliphatic heterocycles. The Morgan fingerprint density at radius 3 is 2.79 bits per heavy atom. The van der Waals surface area contributed by atoms with Gasteiger partial charge in [-0.05, 0) is 18.2 Å². The smallest absolute Gasteiger partial charge is 0.165 e. The zero-order chi connectivity index (χ0) is 13.7. The number of hydrogen-bond acceptors (Lipinski definition) is 3. The van der Waals surface area contributed by atoms with E-state index >= 15 is 0 Å². The predicted octanol–water partition coefficient (Wildman–Crippen LogP) is 3.51. The fourth-order valence-corrected chi connectivity index (χ4v) is 1.58. The van der Waals surface area contributed by atoms with Crippen LogP contribution < -0.4 is 10.1 Å². The van der Waals surface area contributed by atoms with Gasteiger partial charge in [0.25, 0.3) is 0 Å². The summed E-state index contributed by atoms with van der Waals surface area (Å²) in [6.07, 6.45) is 1.66. The maximum absolute atomic E-state index is 13.5. The maximum Gasteiger partial charge on any atom is 0.165 e. The van der Waals surface area contributed by atoms with Gasteiger partial charge in [-0.1, -0.05) is 26.0 Å². The average Bonchev–Trinajstić information content (AvgIpc) is 2.40. The van der Waals surface area contributed by atoms with Crippen molar-refractivity contribution in [1.82, 2.24) is 10.3 Å². The highest BCUT2D eigenvalue weighted by Crippen LogP contribution is 2.23. The van der Waals surface area contributed by atoms with Crippen molar-refractivity contribution in [2.75, 3.05) is 0 Å². The molecule has 0 aliphatic carbocycles. The first-order valence-electron chi connectivity index (χ1n) is 6.26. The fourth-order valence-electron chi connectivity index (χ4n) is 1.58. The Hall–Kier alpha value is -1.94. The van der Waals surface area contributed by atoms with E-state index in [0.717, 1.165) is 5.69 Å². The molecule has 100 valence electrons. The normalized spacial score (nSPS) is 10.7. The van der Waals surface area contributed by atoms with E-state index in [9.17, 15) is 4.39 Å². The van der Waals surface area contributed by atoms with Crippen molar-refractivity contribution >= 4 is 0 Å². The quantitative estimate of drug-likeness (QED) is 0.893. The number of ether oxygens (including phenoxy) is 1. The summed E-state index contributed by atoms with van der Waals surface area (Å²) >= 11 is 0. The topological polar surface area (TPSA) is 34.1 Å². The Morgan fingerprint density at radius 2 is 2.05 bits per heavy atom. The van der Waals surface area contributed by atoms with Crippen LogP contribution in [0.1, 0.15) is 19.5 Å². The van der Waals surface area contributed by atoms with Gasteiger partial charge in [0, 0.05) is 24.8 Å². The Kier molecular flexibility index (Phi) is 4.47. The summed E-state index contributed by atoms with van der Waals surface area (Å²) < 4.78 is 19.0. The first-order chi connectivity index (χ1) is 9.15. The van der Waals surface area contributed by atoms with Gasteiger partial charge in [-0.25, -0.2) is 4.39 Å². The van der Waals surface area contributed by atoms with E-state index < -0.39 is 0 Å². The van der Waals surface area contributed by atoms with E-state index in [1.807, 2.05) is 6.07 Å². The molecule has 1 heterocycles. The molecular weight excluding hydrogens is 243 g/mol. The van der Waals surface area contributed by atoms with Gasteiger partial charge < -0.3 is 10.1 Å². The molecule has 0 saturated heterocycles. The molecule has 0 atom stereocenters. The molecule has 19 heavy (non-hydrogen) atoms. The molecule has 1 aromatic heterocycles. The summed E-state index contributed by atoms with van der Waals surface area (Å²) in [4.78, 5) is 4.24. The minimum Gasteiger partial charge on any atom is -0.454 e. The molecule has 0 amide bonds. The monoisotopic (exact) mass is 260 g/mol. The highest BCUT2D eigenvalue weighted by molar-refractivity contribution is 5.32. The molecule has 0 aliphatic rings. The third-order valence-electron chi connectivity index (χ3n) is 2.54. The van der Waals surface area contributed by atoms with Gasteiger partial charge in [0.15, 0.2) is 11.6 Å². The highest BCUT2D eigenvalue weighted by Gasteiger charge is 2.04. The molecule has 0 spiro atoms. The maximum atomic E-state index is 13.5. The van der Waals surface area contributed by atoms with E-state index in [1.54, 1.807) is 30.5 Å². The molecule has 0 unspecified atom stereocenters. The number of hydrogen-bond donors (Lipinski definition) is 1.